The first-order valence-corrected chi connectivity index (χ1v) is 10.5. The second-order valence-corrected chi connectivity index (χ2v) is 7.73. The monoisotopic (exact) mass is 428 g/mol. The van der Waals surface area contributed by atoms with Crippen LogP contribution in [0, 0.1) is 5.82 Å². The number of fused-ring (bicyclic) bond motifs is 1. The van der Waals surface area contributed by atoms with Gasteiger partial charge in [-0.15, -0.1) is 10.2 Å². The second-order valence-electron chi connectivity index (χ2n) is 6.78. The fourth-order valence-electron chi connectivity index (χ4n) is 3.00. The van der Waals surface area contributed by atoms with Crippen LogP contribution < -0.4 is 14.8 Å². The van der Waals surface area contributed by atoms with E-state index in [2.05, 4.69) is 15.5 Å². The Labute approximate surface area is 177 Å². The largest absolute Gasteiger partial charge is 0.490 e. The Bertz CT molecular complexity index is 1060. The van der Waals surface area contributed by atoms with Gasteiger partial charge in [0.1, 0.15) is 11.6 Å². The maximum absolute atomic E-state index is 13.7. The predicted octanol–water partition coefficient (Wildman–Crippen LogP) is 3.44. The molecule has 0 radical (unpaired) electrons. The van der Waals surface area contributed by atoms with Crippen LogP contribution in [-0.2, 0) is 18.3 Å². The van der Waals surface area contributed by atoms with Crippen LogP contribution in [-0.4, -0.2) is 39.6 Å². The zero-order valence-electron chi connectivity index (χ0n) is 16.4. The van der Waals surface area contributed by atoms with E-state index in [4.69, 9.17) is 9.47 Å². The van der Waals surface area contributed by atoms with Crippen LogP contribution in [0.1, 0.15) is 17.8 Å². The summed E-state index contributed by atoms with van der Waals surface area (Å²) in [7, 11) is 1.86. The molecular formula is C21H21FN4O3S. The number of hydrogen-bond acceptors (Lipinski definition) is 6. The van der Waals surface area contributed by atoms with Crippen molar-refractivity contribution in [2.75, 3.05) is 24.3 Å². The first kappa shape index (κ1) is 20.2. The number of para-hydroxylation sites is 1. The number of hydrogen-bond donors (Lipinski definition) is 1. The highest BCUT2D eigenvalue weighted by Gasteiger charge is 2.15. The second kappa shape index (κ2) is 9.17. The molecule has 1 aliphatic rings. The molecule has 30 heavy (non-hydrogen) atoms. The molecule has 1 amide bonds. The van der Waals surface area contributed by atoms with Crippen LogP contribution in [0.3, 0.4) is 0 Å². The fourth-order valence-corrected chi connectivity index (χ4v) is 3.73. The van der Waals surface area contributed by atoms with Gasteiger partial charge in [-0.3, -0.25) is 4.79 Å². The minimum absolute atomic E-state index is 0.102. The van der Waals surface area contributed by atoms with Crippen molar-refractivity contribution in [2.24, 2.45) is 7.05 Å². The van der Waals surface area contributed by atoms with E-state index in [0.29, 0.717) is 24.8 Å². The molecule has 4 rings (SSSR count). The van der Waals surface area contributed by atoms with Gasteiger partial charge in [0.25, 0.3) is 0 Å². The summed E-state index contributed by atoms with van der Waals surface area (Å²) in [6, 6.07) is 11.9. The summed E-state index contributed by atoms with van der Waals surface area (Å²) in [4.78, 5) is 12.1. The third-order valence-corrected chi connectivity index (χ3v) is 5.60. The molecular weight excluding hydrogens is 407 g/mol. The van der Waals surface area contributed by atoms with E-state index >= 15 is 0 Å². The predicted molar refractivity (Wildman–Crippen MR) is 112 cm³/mol. The van der Waals surface area contributed by atoms with Crippen LogP contribution in [0.5, 0.6) is 11.5 Å². The lowest BCUT2D eigenvalue weighted by atomic mass is 10.1. The van der Waals surface area contributed by atoms with Crippen LogP contribution in [0.25, 0.3) is 0 Å². The number of carbonyl (C=O) groups is 1. The van der Waals surface area contributed by atoms with Gasteiger partial charge >= 0.3 is 0 Å². The number of carbonyl (C=O) groups excluding carboxylic acids is 1. The molecule has 0 saturated carbocycles. The highest BCUT2D eigenvalue weighted by Crippen LogP contribution is 2.31. The molecule has 2 heterocycles. The molecule has 3 aromatic rings. The zero-order chi connectivity index (χ0) is 20.9. The van der Waals surface area contributed by atoms with Gasteiger partial charge in [-0.05, 0) is 29.8 Å². The molecule has 0 atom stereocenters. The third-order valence-electron chi connectivity index (χ3n) is 4.58. The van der Waals surface area contributed by atoms with E-state index in [0.717, 1.165) is 29.3 Å². The lowest BCUT2D eigenvalue weighted by Crippen LogP contribution is -2.15. The number of halogens is 1. The minimum atomic E-state index is -0.466. The number of rotatable bonds is 6. The minimum Gasteiger partial charge on any atom is -0.490 e. The van der Waals surface area contributed by atoms with E-state index < -0.39 is 5.82 Å². The molecule has 0 spiro atoms. The van der Waals surface area contributed by atoms with Crippen molar-refractivity contribution in [1.29, 1.82) is 0 Å². The Kier molecular flexibility index (Phi) is 6.18. The van der Waals surface area contributed by atoms with Gasteiger partial charge in [0.2, 0.25) is 5.91 Å². The molecule has 0 unspecified atom stereocenters. The molecule has 9 heteroatoms. The summed E-state index contributed by atoms with van der Waals surface area (Å²) in [6.07, 6.45) is 1.43. The first-order chi connectivity index (χ1) is 14.6. The molecule has 1 N–H and O–H groups in total. The first-order valence-electron chi connectivity index (χ1n) is 9.54. The number of anilines is 1. The average Bonchev–Trinajstić information content (AvgIpc) is 2.93. The molecule has 1 aromatic heterocycles. The number of ether oxygens (including phenoxy) is 2. The molecule has 156 valence electrons. The SMILES string of the molecule is Cn1c(Cc2ccc3c(c2)OCCCO3)nnc1SCC(=O)Nc1ccccc1F. The van der Waals surface area contributed by atoms with Crippen molar-refractivity contribution in [1.82, 2.24) is 14.8 Å². The maximum atomic E-state index is 13.7. The Balaban J connectivity index is 1.37. The van der Waals surface area contributed by atoms with Gasteiger partial charge in [0.05, 0.1) is 24.7 Å². The summed E-state index contributed by atoms with van der Waals surface area (Å²) in [5.74, 6) is 1.59. The number of thioether (sulfide) groups is 1. The van der Waals surface area contributed by atoms with Crippen molar-refractivity contribution in [3.05, 3.63) is 59.7 Å². The Morgan fingerprint density at radius 3 is 2.80 bits per heavy atom. The molecule has 0 saturated heterocycles. The normalized spacial score (nSPS) is 13.0. The van der Waals surface area contributed by atoms with Gasteiger partial charge in [-0.1, -0.05) is 30.0 Å². The van der Waals surface area contributed by atoms with E-state index in [-0.39, 0.29) is 17.3 Å². The van der Waals surface area contributed by atoms with Crippen LogP contribution in [0.15, 0.2) is 47.6 Å². The molecule has 0 aliphatic carbocycles. The van der Waals surface area contributed by atoms with Crippen LogP contribution in [0.4, 0.5) is 10.1 Å². The summed E-state index contributed by atoms with van der Waals surface area (Å²) in [5.41, 5.74) is 1.19. The number of benzene rings is 2. The van der Waals surface area contributed by atoms with E-state index in [1.165, 1.54) is 23.9 Å². The van der Waals surface area contributed by atoms with Crippen molar-refractivity contribution in [3.8, 4) is 11.5 Å². The van der Waals surface area contributed by atoms with Crippen molar-refractivity contribution >= 4 is 23.4 Å². The van der Waals surface area contributed by atoms with Crippen molar-refractivity contribution in [2.45, 2.75) is 18.0 Å². The van der Waals surface area contributed by atoms with Crippen molar-refractivity contribution < 1.29 is 18.7 Å². The highest BCUT2D eigenvalue weighted by molar-refractivity contribution is 7.99. The topological polar surface area (TPSA) is 78.3 Å². The maximum Gasteiger partial charge on any atom is 0.234 e. The van der Waals surface area contributed by atoms with E-state index in [1.807, 2.05) is 29.8 Å². The lowest BCUT2D eigenvalue weighted by Gasteiger charge is -2.09. The van der Waals surface area contributed by atoms with E-state index in [9.17, 15) is 9.18 Å². The van der Waals surface area contributed by atoms with Gasteiger partial charge in [0.15, 0.2) is 16.7 Å². The standard InChI is InChI=1S/C21H21FN4O3S/c1-26-19(12-14-7-8-17-18(11-14)29-10-4-9-28-17)24-25-21(26)30-13-20(27)23-16-6-3-2-5-15(16)22/h2-3,5-8,11H,4,9-10,12-13H2,1H3,(H,23,27). The van der Waals surface area contributed by atoms with Gasteiger partial charge < -0.3 is 19.4 Å². The third kappa shape index (κ3) is 4.73. The molecule has 0 fully saturated rings. The number of aromatic nitrogens is 3. The highest BCUT2D eigenvalue weighted by atomic mass is 32.2. The number of nitrogens with one attached hydrogen (secondary N) is 1. The zero-order valence-corrected chi connectivity index (χ0v) is 17.2. The average molecular weight is 428 g/mol. The quantitative estimate of drug-likeness (QED) is 0.606. The summed E-state index contributed by atoms with van der Waals surface area (Å²) >= 11 is 1.25. The molecule has 0 bridgehead atoms. The van der Waals surface area contributed by atoms with Gasteiger partial charge in [0, 0.05) is 19.9 Å². The van der Waals surface area contributed by atoms with Gasteiger partial charge in [-0.25, -0.2) is 4.39 Å². The summed E-state index contributed by atoms with van der Waals surface area (Å²) in [5, 5.41) is 11.6. The molecule has 1 aliphatic heterocycles. The van der Waals surface area contributed by atoms with E-state index in [1.54, 1.807) is 12.1 Å². The Morgan fingerprint density at radius 1 is 1.17 bits per heavy atom. The lowest BCUT2D eigenvalue weighted by molar-refractivity contribution is -0.113. The van der Waals surface area contributed by atoms with Crippen molar-refractivity contribution in [3.63, 3.8) is 0 Å². The fraction of sp³-hybridized carbons (Fsp3) is 0.286. The summed E-state index contributed by atoms with van der Waals surface area (Å²) < 4.78 is 26.9. The number of amides is 1. The number of nitrogens with zero attached hydrogens (tertiary/aromatic N) is 3. The van der Waals surface area contributed by atoms with Crippen LogP contribution >= 0.6 is 11.8 Å². The van der Waals surface area contributed by atoms with Crippen LogP contribution in [0.2, 0.25) is 0 Å². The molecule has 7 nitrogen and oxygen atoms in total. The molecule has 2 aromatic carbocycles. The Morgan fingerprint density at radius 2 is 1.97 bits per heavy atom. The summed E-state index contributed by atoms with van der Waals surface area (Å²) in [6.45, 7) is 1.29. The smallest absolute Gasteiger partial charge is 0.234 e. The van der Waals surface area contributed by atoms with Gasteiger partial charge in [-0.2, -0.15) is 0 Å². The Hall–Kier alpha value is -3.07.